The first kappa shape index (κ1) is 35.3. The number of fused-ring (bicyclic) bond motifs is 1. The molecule has 0 saturated carbocycles. The maximum atomic E-state index is 12.7. The number of ether oxygens (including phenoxy) is 6. The number of benzene rings is 3. The Kier molecular flexibility index (Phi) is 10.4. The van der Waals surface area contributed by atoms with E-state index in [1.54, 1.807) is 24.3 Å². The Morgan fingerprint density at radius 2 is 1.66 bits per heavy atom. The van der Waals surface area contributed by atoms with Gasteiger partial charge in [-0.3, -0.25) is 4.79 Å². The van der Waals surface area contributed by atoms with Crippen molar-refractivity contribution >= 4 is 17.8 Å². The fourth-order valence-electron chi connectivity index (χ4n) is 5.74. The summed E-state index contributed by atoms with van der Waals surface area (Å²) in [7, 11) is 0. The lowest BCUT2D eigenvalue weighted by Crippen LogP contribution is -2.62. The standard InChI is InChI=1S/C35H36O15/c36-15-27-29(41)30(42)31(50-34-32(43)35(44,17-46-34)16-45-28(40)12-3-18-1-6-20(37)7-2-18)33(49-27)47-22-9-4-19(5-10-22)25-14-24(39)23-11-8-21(38)13-26(23)48-25/h1-13,25,27,29-34,36-38,41-44H,14-17H2/b12-3+/t25-,27?,29+,30-,31?,32+,33+,34-,35?/m0/s1. The molecular weight excluding hydrogens is 660 g/mol. The van der Waals surface area contributed by atoms with Gasteiger partial charge in [0.05, 0.1) is 25.2 Å². The highest BCUT2D eigenvalue weighted by Crippen LogP contribution is 2.38. The average Bonchev–Trinajstić information content (AvgIpc) is 3.39. The number of phenols is 2. The number of phenolic OH excluding ortho intramolecular Hbond substituents is 2. The predicted octanol–water partition coefficient (Wildman–Crippen LogP) is 0.712. The highest BCUT2D eigenvalue weighted by Gasteiger charge is 2.54. The molecule has 266 valence electrons. The third-order valence-corrected chi connectivity index (χ3v) is 8.60. The monoisotopic (exact) mass is 696 g/mol. The molecule has 3 aromatic rings. The Hall–Kier alpha value is -4.58. The molecule has 3 unspecified atom stereocenters. The van der Waals surface area contributed by atoms with Crippen LogP contribution in [0.25, 0.3) is 6.08 Å². The first-order chi connectivity index (χ1) is 23.9. The van der Waals surface area contributed by atoms with Gasteiger partial charge in [-0.2, -0.15) is 0 Å². The summed E-state index contributed by atoms with van der Waals surface area (Å²) in [6.07, 6.45) is -9.03. The number of aliphatic hydroxyl groups is 5. The smallest absolute Gasteiger partial charge is 0.330 e. The molecule has 2 fully saturated rings. The number of carbonyl (C=O) groups is 2. The largest absolute Gasteiger partial charge is 0.508 e. The molecule has 50 heavy (non-hydrogen) atoms. The van der Waals surface area contributed by atoms with E-state index in [2.05, 4.69) is 0 Å². The maximum absolute atomic E-state index is 12.7. The van der Waals surface area contributed by atoms with Gasteiger partial charge in [-0.05, 0) is 53.6 Å². The van der Waals surface area contributed by atoms with Crippen LogP contribution in [0.5, 0.6) is 23.0 Å². The lowest BCUT2D eigenvalue weighted by atomic mass is 9.96. The molecule has 0 aromatic heterocycles. The Morgan fingerprint density at radius 3 is 2.38 bits per heavy atom. The second-order valence-corrected chi connectivity index (χ2v) is 12.2. The second kappa shape index (κ2) is 14.7. The molecule has 2 saturated heterocycles. The summed E-state index contributed by atoms with van der Waals surface area (Å²) in [5.74, 6) is -0.515. The number of hydrogen-bond acceptors (Lipinski definition) is 15. The molecular formula is C35H36O15. The quantitative estimate of drug-likeness (QED) is 0.114. The zero-order valence-electron chi connectivity index (χ0n) is 26.3. The number of ketones is 1. The summed E-state index contributed by atoms with van der Waals surface area (Å²) >= 11 is 0. The van der Waals surface area contributed by atoms with E-state index in [1.165, 1.54) is 48.5 Å². The number of carbonyl (C=O) groups excluding carboxylic acids is 2. The summed E-state index contributed by atoms with van der Waals surface area (Å²) in [6, 6.07) is 16.6. The Labute approximate surface area is 285 Å². The highest BCUT2D eigenvalue weighted by molar-refractivity contribution is 6.00. The summed E-state index contributed by atoms with van der Waals surface area (Å²) in [6.45, 7) is -1.88. The minimum absolute atomic E-state index is 0.0436. The Balaban J connectivity index is 1.10. The van der Waals surface area contributed by atoms with Gasteiger partial charge in [0.1, 0.15) is 60.1 Å². The molecule has 3 aliphatic heterocycles. The number of esters is 1. The van der Waals surface area contributed by atoms with Gasteiger partial charge in [-0.15, -0.1) is 0 Å². The van der Waals surface area contributed by atoms with Crippen LogP contribution in [0, 0.1) is 0 Å². The highest BCUT2D eigenvalue weighted by atomic mass is 16.8. The molecule has 3 heterocycles. The number of Topliss-reactive ketones (excluding diaryl/α,β-unsaturated/α-hetero) is 1. The van der Waals surface area contributed by atoms with Crippen molar-refractivity contribution < 1.29 is 73.8 Å². The van der Waals surface area contributed by atoms with Crippen LogP contribution in [0.1, 0.15) is 34.0 Å². The van der Waals surface area contributed by atoms with Gasteiger partial charge < -0.3 is 64.2 Å². The lowest BCUT2D eigenvalue weighted by molar-refractivity contribution is -0.318. The molecule has 3 aromatic carbocycles. The third kappa shape index (κ3) is 7.60. The van der Waals surface area contributed by atoms with Crippen molar-refractivity contribution in [2.24, 2.45) is 0 Å². The van der Waals surface area contributed by atoms with Gasteiger partial charge in [-0.25, -0.2) is 4.79 Å². The van der Waals surface area contributed by atoms with E-state index in [0.717, 1.165) is 6.08 Å². The molecule has 15 heteroatoms. The van der Waals surface area contributed by atoms with Crippen LogP contribution >= 0.6 is 0 Å². The molecule has 6 rings (SSSR count). The van der Waals surface area contributed by atoms with Crippen LogP contribution in [0.2, 0.25) is 0 Å². The number of aromatic hydroxyl groups is 2. The summed E-state index contributed by atoms with van der Waals surface area (Å²) < 4.78 is 33.9. The van der Waals surface area contributed by atoms with Gasteiger partial charge >= 0.3 is 5.97 Å². The van der Waals surface area contributed by atoms with E-state index in [4.69, 9.17) is 28.4 Å². The van der Waals surface area contributed by atoms with E-state index in [9.17, 15) is 45.3 Å². The van der Waals surface area contributed by atoms with E-state index in [0.29, 0.717) is 16.7 Å². The third-order valence-electron chi connectivity index (χ3n) is 8.60. The summed E-state index contributed by atoms with van der Waals surface area (Å²) in [5, 5.41) is 72.4. The van der Waals surface area contributed by atoms with Gasteiger partial charge in [-0.1, -0.05) is 24.3 Å². The predicted molar refractivity (Wildman–Crippen MR) is 169 cm³/mol. The van der Waals surface area contributed by atoms with Crippen LogP contribution in [-0.2, 0) is 23.7 Å². The van der Waals surface area contributed by atoms with Gasteiger partial charge in [0.2, 0.25) is 6.29 Å². The minimum Gasteiger partial charge on any atom is -0.508 e. The van der Waals surface area contributed by atoms with E-state index < -0.39 is 80.6 Å². The lowest BCUT2D eigenvalue weighted by Gasteiger charge is -2.42. The molecule has 3 aliphatic rings. The van der Waals surface area contributed by atoms with Gasteiger partial charge in [0.15, 0.2) is 23.8 Å². The van der Waals surface area contributed by atoms with Crippen LogP contribution in [0.3, 0.4) is 0 Å². The molecule has 7 N–H and O–H groups in total. The van der Waals surface area contributed by atoms with Crippen molar-refractivity contribution in [1.82, 2.24) is 0 Å². The van der Waals surface area contributed by atoms with E-state index >= 15 is 0 Å². The molecule has 0 radical (unpaired) electrons. The SMILES string of the molecule is O=C(/C=C/c1ccc(O)cc1)OCC1(O)CO[C@@H](OC2[C@H](Oc3ccc([C@@H]4CC(=O)c5ccc(O)cc5O4)cc3)OC(CO)[C@@H](O)[C@@H]2O)[C@H]1O. The Bertz CT molecular complexity index is 1690. The zero-order valence-corrected chi connectivity index (χ0v) is 26.3. The van der Waals surface area contributed by atoms with Crippen molar-refractivity contribution in [3.05, 3.63) is 89.5 Å². The fraction of sp³-hybridized carbons (Fsp3) is 0.371. The molecule has 15 nitrogen and oxygen atoms in total. The molecule has 9 atom stereocenters. The molecule has 0 amide bonds. The second-order valence-electron chi connectivity index (χ2n) is 12.2. The van der Waals surface area contributed by atoms with Gasteiger partial charge in [0.25, 0.3) is 0 Å². The number of aliphatic hydroxyl groups excluding tert-OH is 4. The number of rotatable bonds is 10. The van der Waals surface area contributed by atoms with Crippen molar-refractivity contribution in [2.45, 2.75) is 61.2 Å². The zero-order chi connectivity index (χ0) is 35.6. The van der Waals surface area contributed by atoms with E-state index in [1.807, 2.05) is 0 Å². The first-order valence-corrected chi connectivity index (χ1v) is 15.7. The van der Waals surface area contributed by atoms with Crippen LogP contribution in [-0.4, -0.2) is 116 Å². The molecule has 0 bridgehead atoms. The maximum Gasteiger partial charge on any atom is 0.330 e. The summed E-state index contributed by atoms with van der Waals surface area (Å²) in [4.78, 5) is 24.9. The van der Waals surface area contributed by atoms with Crippen LogP contribution < -0.4 is 9.47 Å². The fourth-order valence-corrected chi connectivity index (χ4v) is 5.74. The topological polar surface area (TPSA) is 231 Å². The van der Waals surface area contributed by atoms with Crippen LogP contribution in [0.4, 0.5) is 0 Å². The minimum atomic E-state index is -2.10. The molecule has 0 aliphatic carbocycles. The first-order valence-electron chi connectivity index (χ1n) is 15.7. The van der Waals surface area contributed by atoms with Gasteiger partial charge in [0, 0.05) is 12.1 Å². The van der Waals surface area contributed by atoms with Crippen molar-refractivity contribution in [3.63, 3.8) is 0 Å². The normalized spacial score (nSPS) is 30.9. The van der Waals surface area contributed by atoms with Crippen molar-refractivity contribution in [2.75, 3.05) is 19.8 Å². The summed E-state index contributed by atoms with van der Waals surface area (Å²) in [5.41, 5.74) is -0.508. The molecule has 0 spiro atoms. The number of hydrogen-bond donors (Lipinski definition) is 7. The van der Waals surface area contributed by atoms with Crippen molar-refractivity contribution in [1.29, 1.82) is 0 Å². The Morgan fingerprint density at radius 1 is 0.940 bits per heavy atom. The van der Waals surface area contributed by atoms with Crippen molar-refractivity contribution in [3.8, 4) is 23.0 Å². The average molecular weight is 697 g/mol. The van der Waals surface area contributed by atoms with Crippen LogP contribution in [0.15, 0.2) is 72.8 Å². The van der Waals surface area contributed by atoms with E-state index in [-0.39, 0.29) is 35.2 Å².